The number of hydrogen-bond donors (Lipinski definition) is 1. The minimum Gasteiger partial charge on any atom is -0.256 e. The molecule has 0 saturated heterocycles. The van der Waals surface area contributed by atoms with Gasteiger partial charge in [0, 0.05) is 17.2 Å². The molecule has 1 saturated carbocycles. The molecule has 0 aromatic heterocycles. The lowest BCUT2D eigenvalue weighted by Gasteiger charge is -2.22. The first-order chi connectivity index (χ1) is 12.6. The lowest BCUT2D eigenvalue weighted by Crippen LogP contribution is -2.36. The summed E-state index contributed by atoms with van der Waals surface area (Å²) in [6, 6.07) is 14.9. The third-order valence-electron chi connectivity index (χ3n) is 4.55. The number of sulfonamides is 1. The molecule has 1 aliphatic rings. The van der Waals surface area contributed by atoms with E-state index in [0.29, 0.717) is 4.90 Å². The summed E-state index contributed by atoms with van der Waals surface area (Å²) in [7, 11) is -3.46. The molecule has 2 aromatic carbocycles. The maximum absolute atomic E-state index is 12.5. The summed E-state index contributed by atoms with van der Waals surface area (Å²) in [5.41, 5.74) is 1.74. The molecule has 138 valence electrons. The predicted octanol–water partition coefficient (Wildman–Crippen LogP) is 4.77. The van der Waals surface area contributed by atoms with Gasteiger partial charge >= 0.3 is 0 Å². The second-order valence-corrected chi connectivity index (χ2v) is 9.08. The zero-order valence-electron chi connectivity index (χ0n) is 14.9. The highest BCUT2D eigenvalue weighted by atomic mass is 32.2. The van der Waals surface area contributed by atoms with E-state index in [1.165, 1.54) is 11.3 Å². The summed E-state index contributed by atoms with van der Waals surface area (Å²) in [6.45, 7) is 0. The number of rotatable bonds is 6. The topological polar surface area (TPSA) is 58.5 Å². The molecule has 26 heavy (non-hydrogen) atoms. The summed E-state index contributed by atoms with van der Waals surface area (Å²) < 4.78 is 27.8. The van der Waals surface area contributed by atoms with E-state index in [1.807, 2.05) is 18.4 Å². The zero-order chi connectivity index (χ0) is 18.4. The Morgan fingerprint density at radius 1 is 1.00 bits per heavy atom. The number of thioether (sulfide) groups is 1. The Hall–Kier alpha value is -1.63. The van der Waals surface area contributed by atoms with E-state index in [4.69, 9.17) is 0 Å². The normalized spacial score (nSPS) is 16.2. The smallest absolute Gasteiger partial charge is 0.240 e. The van der Waals surface area contributed by atoms with Gasteiger partial charge in [0.2, 0.25) is 10.0 Å². The van der Waals surface area contributed by atoms with Crippen LogP contribution in [0.25, 0.3) is 0 Å². The quantitative estimate of drug-likeness (QED) is 0.573. The minimum atomic E-state index is -3.46. The standard InChI is InChI=1S/C20H24N2O2S2/c1-25-19-11-7-16(8-12-19)15-21-17-9-13-20(14-10-17)26(23,24)22-18-5-3-2-4-6-18/h7-15,18,22H,2-6H2,1H3. The van der Waals surface area contributed by atoms with Crippen molar-refractivity contribution in [1.29, 1.82) is 0 Å². The van der Waals surface area contributed by atoms with E-state index in [2.05, 4.69) is 21.8 Å². The van der Waals surface area contributed by atoms with Crippen LogP contribution in [0, 0.1) is 0 Å². The van der Waals surface area contributed by atoms with Gasteiger partial charge in [-0.3, -0.25) is 4.99 Å². The van der Waals surface area contributed by atoms with Crippen molar-refractivity contribution in [2.45, 2.75) is 47.9 Å². The molecular weight excluding hydrogens is 364 g/mol. The Labute approximate surface area is 160 Å². The summed E-state index contributed by atoms with van der Waals surface area (Å²) >= 11 is 1.70. The van der Waals surface area contributed by atoms with Gasteiger partial charge in [-0.2, -0.15) is 0 Å². The van der Waals surface area contributed by atoms with Crippen LogP contribution in [0.5, 0.6) is 0 Å². The first-order valence-corrected chi connectivity index (χ1v) is 11.6. The van der Waals surface area contributed by atoms with Crippen LogP contribution < -0.4 is 4.72 Å². The van der Waals surface area contributed by atoms with Crippen molar-refractivity contribution in [3.05, 3.63) is 54.1 Å². The SMILES string of the molecule is CSc1ccc(C=Nc2ccc(S(=O)(=O)NC3CCCCC3)cc2)cc1. The van der Waals surface area contributed by atoms with Gasteiger partial charge in [0.15, 0.2) is 0 Å². The molecular formula is C20H24N2O2S2. The summed E-state index contributed by atoms with van der Waals surface area (Å²) in [6.07, 6.45) is 9.08. The number of benzene rings is 2. The van der Waals surface area contributed by atoms with Gasteiger partial charge in [0.25, 0.3) is 0 Å². The van der Waals surface area contributed by atoms with Crippen molar-refractivity contribution >= 4 is 33.7 Å². The fourth-order valence-electron chi connectivity index (χ4n) is 3.06. The molecule has 0 heterocycles. The lowest BCUT2D eigenvalue weighted by atomic mass is 9.96. The molecule has 0 radical (unpaired) electrons. The minimum absolute atomic E-state index is 0.0655. The van der Waals surface area contributed by atoms with Crippen LogP contribution in [-0.4, -0.2) is 26.9 Å². The van der Waals surface area contributed by atoms with E-state index >= 15 is 0 Å². The highest BCUT2D eigenvalue weighted by Gasteiger charge is 2.21. The van der Waals surface area contributed by atoms with Crippen molar-refractivity contribution in [1.82, 2.24) is 4.72 Å². The number of hydrogen-bond acceptors (Lipinski definition) is 4. The molecule has 0 bridgehead atoms. The maximum Gasteiger partial charge on any atom is 0.240 e. The fourth-order valence-corrected chi connectivity index (χ4v) is 4.77. The van der Waals surface area contributed by atoms with Crippen LogP contribution in [0.3, 0.4) is 0 Å². The van der Waals surface area contributed by atoms with E-state index in [1.54, 1.807) is 42.2 Å². The van der Waals surface area contributed by atoms with Crippen LogP contribution >= 0.6 is 11.8 Å². The van der Waals surface area contributed by atoms with Gasteiger partial charge in [-0.1, -0.05) is 31.4 Å². The number of aliphatic imine (C=N–C) groups is 1. The largest absolute Gasteiger partial charge is 0.256 e. The fraction of sp³-hybridized carbons (Fsp3) is 0.350. The molecule has 4 nitrogen and oxygen atoms in total. The lowest BCUT2D eigenvalue weighted by molar-refractivity contribution is 0.412. The van der Waals surface area contributed by atoms with E-state index in [9.17, 15) is 8.42 Å². The Kier molecular flexibility index (Phi) is 6.51. The summed E-state index contributed by atoms with van der Waals surface area (Å²) in [5, 5.41) is 0. The van der Waals surface area contributed by atoms with Crippen molar-refractivity contribution in [2.75, 3.05) is 6.26 Å². The van der Waals surface area contributed by atoms with Gasteiger partial charge in [-0.25, -0.2) is 13.1 Å². The zero-order valence-corrected chi connectivity index (χ0v) is 16.5. The average molecular weight is 389 g/mol. The van der Waals surface area contributed by atoms with Gasteiger partial charge in [0.1, 0.15) is 0 Å². The Morgan fingerprint density at radius 3 is 2.27 bits per heavy atom. The highest BCUT2D eigenvalue weighted by molar-refractivity contribution is 7.98. The third kappa shape index (κ3) is 5.19. The molecule has 6 heteroatoms. The number of nitrogens with zero attached hydrogens (tertiary/aromatic N) is 1. The van der Waals surface area contributed by atoms with E-state index in [0.717, 1.165) is 36.9 Å². The molecule has 0 unspecified atom stereocenters. The summed E-state index contributed by atoms with van der Waals surface area (Å²) in [4.78, 5) is 5.93. The Morgan fingerprint density at radius 2 is 1.65 bits per heavy atom. The highest BCUT2D eigenvalue weighted by Crippen LogP contribution is 2.21. The molecule has 3 rings (SSSR count). The summed E-state index contributed by atoms with van der Waals surface area (Å²) in [5.74, 6) is 0. The van der Waals surface area contributed by atoms with Gasteiger partial charge in [-0.05, 0) is 61.1 Å². The first-order valence-electron chi connectivity index (χ1n) is 8.87. The number of nitrogens with one attached hydrogen (secondary N) is 1. The molecule has 0 spiro atoms. The van der Waals surface area contributed by atoms with Crippen LogP contribution in [-0.2, 0) is 10.0 Å². The molecule has 1 fully saturated rings. The van der Waals surface area contributed by atoms with Crippen LogP contribution in [0.2, 0.25) is 0 Å². The second kappa shape index (κ2) is 8.84. The van der Waals surface area contributed by atoms with Crippen molar-refractivity contribution in [3.63, 3.8) is 0 Å². The molecule has 1 N–H and O–H groups in total. The average Bonchev–Trinajstić information content (AvgIpc) is 2.67. The van der Waals surface area contributed by atoms with Gasteiger partial charge in [-0.15, -0.1) is 11.8 Å². The van der Waals surface area contributed by atoms with Crippen molar-refractivity contribution in [2.24, 2.45) is 4.99 Å². The van der Waals surface area contributed by atoms with Gasteiger partial charge < -0.3 is 0 Å². The van der Waals surface area contributed by atoms with Crippen LogP contribution in [0.1, 0.15) is 37.7 Å². The molecule has 2 aromatic rings. The van der Waals surface area contributed by atoms with Crippen LogP contribution in [0.4, 0.5) is 5.69 Å². The Balaban J connectivity index is 1.66. The van der Waals surface area contributed by atoms with Gasteiger partial charge in [0.05, 0.1) is 10.6 Å². The first kappa shape index (κ1) is 19.1. The van der Waals surface area contributed by atoms with E-state index in [-0.39, 0.29) is 6.04 Å². The molecule has 0 atom stereocenters. The predicted molar refractivity (Wildman–Crippen MR) is 109 cm³/mol. The van der Waals surface area contributed by atoms with Crippen molar-refractivity contribution in [3.8, 4) is 0 Å². The molecule has 0 aliphatic heterocycles. The Bertz CT molecular complexity index is 838. The third-order valence-corrected chi connectivity index (χ3v) is 6.83. The molecule has 0 amide bonds. The maximum atomic E-state index is 12.5. The second-order valence-electron chi connectivity index (χ2n) is 6.48. The van der Waals surface area contributed by atoms with E-state index < -0.39 is 10.0 Å². The monoisotopic (exact) mass is 388 g/mol. The van der Waals surface area contributed by atoms with Crippen LogP contribution in [0.15, 0.2) is 63.3 Å². The molecule has 1 aliphatic carbocycles. The van der Waals surface area contributed by atoms with Crippen molar-refractivity contribution < 1.29 is 8.42 Å².